The summed E-state index contributed by atoms with van der Waals surface area (Å²) in [6.07, 6.45) is 10.9. The fourth-order valence-corrected chi connectivity index (χ4v) is 8.08. The monoisotopic (exact) mass is 465 g/mol. The average molecular weight is 466 g/mol. The molecule has 0 atom stereocenters. The number of hydrogen-bond acceptors (Lipinski definition) is 4. The lowest BCUT2D eigenvalue weighted by Crippen LogP contribution is -2.50. The molecule has 0 radical (unpaired) electrons. The van der Waals surface area contributed by atoms with E-state index < -0.39 is 0 Å². The fraction of sp³-hybridized carbons (Fsp3) is 0.704. The number of nitrogens with zero attached hydrogens (tertiary/aromatic N) is 5. The van der Waals surface area contributed by atoms with Crippen LogP contribution in [0, 0.1) is 22.5 Å². The Balaban J connectivity index is 1.22. The van der Waals surface area contributed by atoms with Gasteiger partial charge in [-0.1, -0.05) is 31.5 Å². The molecule has 5 fully saturated rings. The van der Waals surface area contributed by atoms with Crippen LogP contribution in [0.2, 0.25) is 0 Å². The standard InChI is InChI=1S/C27H39N5S/c1-2-3-9-31-25(27-17-21-14-22(18-27)16-23(15-21)19-27)28-32(26(31)33)20-29-10-12-30(13-11-29)24-7-5-4-6-8-24/h4-8,21-23H,2-3,9-20H2,1H3. The molecule has 7 rings (SSSR count). The summed E-state index contributed by atoms with van der Waals surface area (Å²) in [5.41, 5.74) is 1.63. The molecule has 1 aliphatic heterocycles. The van der Waals surface area contributed by atoms with E-state index in [0.29, 0.717) is 5.41 Å². The van der Waals surface area contributed by atoms with Crippen LogP contribution in [-0.2, 0) is 18.6 Å². The lowest BCUT2D eigenvalue weighted by molar-refractivity contribution is -0.0115. The highest BCUT2D eigenvalue weighted by molar-refractivity contribution is 7.71. The third kappa shape index (κ3) is 4.07. The predicted molar refractivity (Wildman–Crippen MR) is 136 cm³/mol. The van der Waals surface area contributed by atoms with Gasteiger partial charge in [-0.15, -0.1) is 0 Å². The van der Waals surface area contributed by atoms with Crippen LogP contribution >= 0.6 is 12.2 Å². The summed E-state index contributed by atoms with van der Waals surface area (Å²) in [6, 6.07) is 10.8. The topological polar surface area (TPSA) is 29.2 Å². The summed E-state index contributed by atoms with van der Waals surface area (Å²) in [7, 11) is 0. The molecule has 4 bridgehead atoms. The van der Waals surface area contributed by atoms with Crippen LogP contribution < -0.4 is 4.90 Å². The SMILES string of the molecule is CCCCn1c(C23CC4CC(CC(C4)C2)C3)nn(CN2CCN(c3ccccc3)CC2)c1=S. The largest absolute Gasteiger partial charge is 0.369 e. The number of anilines is 1. The maximum absolute atomic E-state index is 6.08. The molecule has 5 nitrogen and oxygen atoms in total. The molecule has 0 spiro atoms. The van der Waals surface area contributed by atoms with Crippen molar-refractivity contribution in [1.29, 1.82) is 0 Å². The Bertz CT molecular complexity index is 982. The maximum Gasteiger partial charge on any atom is 0.199 e. The van der Waals surface area contributed by atoms with Crippen molar-refractivity contribution < 1.29 is 0 Å². The van der Waals surface area contributed by atoms with Crippen LogP contribution in [0.25, 0.3) is 0 Å². The normalized spacial score (nSPS) is 31.4. The zero-order chi connectivity index (χ0) is 22.4. The van der Waals surface area contributed by atoms with Gasteiger partial charge in [0.25, 0.3) is 0 Å². The van der Waals surface area contributed by atoms with Gasteiger partial charge >= 0.3 is 0 Å². The molecule has 0 amide bonds. The minimum absolute atomic E-state index is 0.299. The minimum atomic E-state index is 0.299. The summed E-state index contributed by atoms with van der Waals surface area (Å²) in [5.74, 6) is 4.14. The quantitative estimate of drug-likeness (QED) is 0.508. The number of rotatable bonds is 7. The highest BCUT2D eigenvalue weighted by atomic mass is 32.1. The number of aromatic nitrogens is 3. The first-order chi connectivity index (χ1) is 16.1. The molecule has 178 valence electrons. The molecule has 0 unspecified atom stereocenters. The van der Waals surface area contributed by atoms with Crippen molar-refractivity contribution >= 4 is 17.9 Å². The smallest absolute Gasteiger partial charge is 0.199 e. The molecule has 1 aromatic carbocycles. The van der Waals surface area contributed by atoms with Gasteiger partial charge in [0.2, 0.25) is 0 Å². The molecule has 4 saturated carbocycles. The van der Waals surface area contributed by atoms with Crippen LogP contribution in [0.4, 0.5) is 5.69 Å². The van der Waals surface area contributed by atoms with Crippen LogP contribution in [0.1, 0.15) is 64.1 Å². The Kier molecular flexibility index (Phi) is 5.86. The van der Waals surface area contributed by atoms with E-state index in [1.54, 1.807) is 0 Å². The second-order valence-corrected chi connectivity index (χ2v) is 11.8. The van der Waals surface area contributed by atoms with E-state index in [4.69, 9.17) is 17.3 Å². The van der Waals surface area contributed by atoms with E-state index in [1.807, 2.05) is 0 Å². The van der Waals surface area contributed by atoms with Crippen molar-refractivity contribution in [1.82, 2.24) is 19.2 Å². The zero-order valence-corrected chi connectivity index (χ0v) is 21.0. The second-order valence-electron chi connectivity index (χ2n) is 11.4. The third-order valence-electron chi connectivity index (χ3n) is 9.00. The predicted octanol–water partition coefficient (Wildman–Crippen LogP) is 5.46. The van der Waals surface area contributed by atoms with Gasteiger partial charge < -0.3 is 9.47 Å². The third-order valence-corrected chi connectivity index (χ3v) is 9.43. The molecular weight excluding hydrogens is 426 g/mol. The van der Waals surface area contributed by atoms with Crippen molar-refractivity contribution in [2.75, 3.05) is 31.1 Å². The molecule has 6 heteroatoms. The van der Waals surface area contributed by atoms with Gasteiger partial charge in [-0.25, -0.2) is 4.68 Å². The zero-order valence-electron chi connectivity index (χ0n) is 20.2. The van der Waals surface area contributed by atoms with Gasteiger partial charge in [0, 0.05) is 43.8 Å². The summed E-state index contributed by atoms with van der Waals surface area (Å²) < 4.78 is 5.60. The molecule has 2 aromatic rings. The molecule has 1 saturated heterocycles. The van der Waals surface area contributed by atoms with Gasteiger partial charge in [0.05, 0.1) is 6.67 Å². The van der Waals surface area contributed by atoms with E-state index in [9.17, 15) is 0 Å². The number of unbranched alkanes of at least 4 members (excludes halogenated alkanes) is 1. The average Bonchev–Trinajstić information content (AvgIpc) is 3.14. The lowest BCUT2D eigenvalue weighted by atomic mass is 9.49. The van der Waals surface area contributed by atoms with Crippen molar-refractivity contribution in [2.45, 2.75) is 76.9 Å². The van der Waals surface area contributed by atoms with Crippen LogP contribution in [0.15, 0.2) is 30.3 Å². The molecule has 5 aliphatic rings. The molecular formula is C27H39N5S. The van der Waals surface area contributed by atoms with E-state index in [0.717, 1.165) is 61.9 Å². The summed E-state index contributed by atoms with van der Waals surface area (Å²) in [6.45, 7) is 8.40. The van der Waals surface area contributed by atoms with Crippen molar-refractivity contribution in [3.63, 3.8) is 0 Å². The first kappa shape index (κ1) is 21.8. The molecule has 1 aromatic heterocycles. The molecule has 33 heavy (non-hydrogen) atoms. The summed E-state index contributed by atoms with van der Waals surface area (Å²) in [4.78, 5) is 5.03. The van der Waals surface area contributed by atoms with Crippen molar-refractivity contribution in [2.24, 2.45) is 17.8 Å². The van der Waals surface area contributed by atoms with E-state index in [2.05, 4.69) is 56.3 Å². The van der Waals surface area contributed by atoms with E-state index in [-0.39, 0.29) is 0 Å². The van der Waals surface area contributed by atoms with Gasteiger partial charge in [-0.3, -0.25) is 4.90 Å². The van der Waals surface area contributed by atoms with Crippen LogP contribution in [-0.4, -0.2) is 45.4 Å². The number of piperazine rings is 1. The Morgan fingerprint density at radius 1 is 0.939 bits per heavy atom. The van der Waals surface area contributed by atoms with Crippen LogP contribution in [0.5, 0.6) is 0 Å². The number of hydrogen-bond donors (Lipinski definition) is 0. The van der Waals surface area contributed by atoms with E-state index in [1.165, 1.54) is 62.9 Å². The fourth-order valence-electron chi connectivity index (χ4n) is 7.80. The number of para-hydroxylation sites is 1. The lowest BCUT2D eigenvalue weighted by Gasteiger charge is -2.56. The van der Waals surface area contributed by atoms with Crippen molar-refractivity contribution in [3.8, 4) is 0 Å². The van der Waals surface area contributed by atoms with Crippen LogP contribution in [0.3, 0.4) is 0 Å². The first-order valence-corrected chi connectivity index (χ1v) is 13.7. The Morgan fingerprint density at radius 3 is 2.18 bits per heavy atom. The maximum atomic E-state index is 6.08. The van der Waals surface area contributed by atoms with Gasteiger partial charge in [-0.2, -0.15) is 5.10 Å². The van der Waals surface area contributed by atoms with Gasteiger partial charge in [0.1, 0.15) is 5.82 Å². The minimum Gasteiger partial charge on any atom is -0.369 e. The second kappa shape index (κ2) is 8.84. The number of benzene rings is 1. The summed E-state index contributed by atoms with van der Waals surface area (Å²) >= 11 is 6.08. The first-order valence-electron chi connectivity index (χ1n) is 13.3. The Hall–Kier alpha value is -1.66. The Labute approximate surface area is 203 Å². The summed E-state index contributed by atoms with van der Waals surface area (Å²) in [5, 5.41) is 5.34. The highest BCUT2D eigenvalue weighted by Gasteiger charge is 2.54. The van der Waals surface area contributed by atoms with Crippen molar-refractivity contribution in [3.05, 3.63) is 40.9 Å². The Morgan fingerprint density at radius 2 is 1.58 bits per heavy atom. The highest BCUT2D eigenvalue weighted by Crippen LogP contribution is 2.60. The van der Waals surface area contributed by atoms with E-state index >= 15 is 0 Å². The molecule has 2 heterocycles. The van der Waals surface area contributed by atoms with Gasteiger partial charge in [-0.05, 0) is 87.1 Å². The molecule has 0 N–H and O–H groups in total. The molecule has 4 aliphatic carbocycles. The van der Waals surface area contributed by atoms with Gasteiger partial charge in [0.15, 0.2) is 4.77 Å².